The summed E-state index contributed by atoms with van der Waals surface area (Å²) in [5.74, 6) is -0.623. The zero-order chi connectivity index (χ0) is 12.8. The maximum Gasteiger partial charge on any atom is 0.308 e. The fourth-order valence-corrected chi connectivity index (χ4v) is 1.20. The summed E-state index contributed by atoms with van der Waals surface area (Å²) < 4.78 is 17.0. The smallest absolute Gasteiger partial charge is 0.308 e. The molecular weight excluding hydrogens is 231 g/mol. The van der Waals surface area contributed by atoms with Crippen molar-refractivity contribution in [1.29, 1.82) is 0 Å². The zero-order valence-electron chi connectivity index (χ0n) is 9.21. The highest BCUT2D eigenvalue weighted by Gasteiger charge is 2.22. The van der Waals surface area contributed by atoms with Crippen LogP contribution in [0.4, 0.5) is 4.39 Å². The van der Waals surface area contributed by atoms with Crippen LogP contribution < -0.4 is 0 Å². The molecule has 0 spiro atoms. The summed E-state index contributed by atoms with van der Waals surface area (Å²) in [6, 6.07) is 0. The number of aliphatic hydroxyl groups is 2. The van der Waals surface area contributed by atoms with Crippen LogP contribution in [0.25, 0.3) is 0 Å². The average molecular weight is 244 g/mol. The zero-order valence-corrected chi connectivity index (χ0v) is 9.21. The maximum atomic E-state index is 12.4. The van der Waals surface area contributed by atoms with E-state index in [4.69, 9.17) is 0 Å². The standard InChI is InChI=1S/C10H13FN2O4/c1-2-17-8(15)3-7(14)9(16)6-4-12-10(11)13-5-6/h4-5,7,9,14,16H,2-3H2,1H3. The molecule has 0 aliphatic heterocycles. The van der Waals surface area contributed by atoms with Crippen molar-refractivity contribution < 1.29 is 24.1 Å². The second kappa shape index (κ2) is 6.21. The SMILES string of the molecule is CCOC(=O)CC(O)C(O)c1cnc(F)nc1. The Morgan fingerprint density at radius 2 is 2.06 bits per heavy atom. The molecule has 0 radical (unpaired) electrons. The molecule has 0 fully saturated rings. The van der Waals surface area contributed by atoms with Crippen molar-refractivity contribution in [3.63, 3.8) is 0 Å². The van der Waals surface area contributed by atoms with Gasteiger partial charge in [0, 0.05) is 18.0 Å². The van der Waals surface area contributed by atoms with Crippen LogP contribution in [0.15, 0.2) is 12.4 Å². The number of aromatic nitrogens is 2. The summed E-state index contributed by atoms with van der Waals surface area (Å²) >= 11 is 0. The molecule has 17 heavy (non-hydrogen) atoms. The van der Waals surface area contributed by atoms with Gasteiger partial charge in [-0.1, -0.05) is 0 Å². The topological polar surface area (TPSA) is 92.5 Å². The minimum atomic E-state index is -1.36. The Bertz CT molecular complexity index is 371. The molecule has 2 atom stereocenters. The van der Waals surface area contributed by atoms with Gasteiger partial charge in [-0.3, -0.25) is 4.79 Å². The van der Waals surface area contributed by atoms with Gasteiger partial charge in [-0.2, -0.15) is 4.39 Å². The Morgan fingerprint density at radius 1 is 1.47 bits per heavy atom. The third-order valence-corrected chi connectivity index (χ3v) is 2.03. The van der Waals surface area contributed by atoms with Crippen LogP contribution in [0, 0.1) is 6.08 Å². The second-order valence-electron chi connectivity index (χ2n) is 3.31. The van der Waals surface area contributed by atoms with Crippen molar-refractivity contribution in [2.45, 2.75) is 25.6 Å². The number of ether oxygens (including phenoxy) is 1. The van der Waals surface area contributed by atoms with Gasteiger partial charge in [0.2, 0.25) is 0 Å². The lowest BCUT2D eigenvalue weighted by atomic mass is 10.1. The number of aliphatic hydroxyl groups excluding tert-OH is 2. The van der Waals surface area contributed by atoms with E-state index in [1.165, 1.54) is 0 Å². The summed E-state index contributed by atoms with van der Waals surface area (Å²) in [4.78, 5) is 17.5. The first-order valence-electron chi connectivity index (χ1n) is 5.03. The fraction of sp³-hybridized carbons (Fsp3) is 0.500. The molecular formula is C10H13FN2O4. The highest BCUT2D eigenvalue weighted by Crippen LogP contribution is 2.17. The van der Waals surface area contributed by atoms with Crippen LogP contribution in [0.3, 0.4) is 0 Å². The largest absolute Gasteiger partial charge is 0.466 e. The molecule has 2 N–H and O–H groups in total. The number of hydrogen-bond donors (Lipinski definition) is 2. The first-order valence-corrected chi connectivity index (χ1v) is 5.03. The number of hydrogen-bond acceptors (Lipinski definition) is 6. The first-order chi connectivity index (χ1) is 8.04. The van der Waals surface area contributed by atoms with E-state index in [0.29, 0.717) is 0 Å². The number of nitrogens with zero attached hydrogens (tertiary/aromatic N) is 2. The number of carbonyl (C=O) groups is 1. The van der Waals surface area contributed by atoms with Crippen molar-refractivity contribution in [3.05, 3.63) is 24.0 Å². The average Bonchev–Trinajstić information content (AvgIpc) is 2.29. The van der Waals surface area contributed by atoms with Gasteiger partial charge in [0.15, 0.2) is 0 Å². The summed E-state index contributed by atoms with van der Waals surface area (Å²) in [7, 11) is 0. The monoisotopic (exact) mass is 244 g/mol. The van der Waals surface area contributed by atoms with E-state index in [-0.39, 0.29) is 18.6 Å². The third kappa shape index (κ3) is 4.04. The molecule has 0 bridgehead atoms. The van der Waals surface area contributed by atoms with E-state index in [1.54, 1.807) is 6.92 Å². The van der Waals surface area contributed by atoms with E-state index >= 15 is 0 Å². The molecule has 2 unspecified atom stereocenters. The first kappa shape index (κ1) is 13.5. The van der Waals surface area contributed by atoms with E-state index in [0.717, 1.165) is 12.4 Å². The van der Waals surface area contributed by atoms with Crippen LogP contribution in [0.1, 0.15) is 25.0 Å². The molecule has 0 saturated carbocycles. The fourth-order valence-electron chi connectivity index (χ4n) is 1.20. The van der Waals surface area contributed by atoms with Crippen LogP contribution in [-0.2, 0) is 9.53 Å². The molecule has 1 aromatic rings. The van der Waals surface area contributed by atoms with Crippen molar-refractivity contribution >= 4 is 5.97 Å². The predicted molar refractivity (Wildman–Crippen MR) is 54.2 cm³/mol. The van der Waals surface area contributed by atoms with Crippen LogP contribution in [0.5, 0.6) is 0 Å². The lowest BCUT2D eigenvalue weighted by Gasteiger charge is -2.16. The Labute approximate surface area is 97.1 Å². The summed E-state index contributed by atoms with van der Waals surface area (Å²) in [6.07, 6.45) is -1.90. The van der Waals surface area contributed by atoms with Gasteiger partial charge in [-0.15, -0.1) is 0 Å². The van der Waals surface area contributed by atoms with Gasteiger partial charge in [-0.05, 0) is 6.92 Å². The molecule has 1 heterocycles. The van der Waals surface area contributed by atoms with E-state index in [1.807, 2.05) is 0 Å². The van der Waals surface area contributed by atoms with Gasteiger partial charge < -0.3 is 14.9 Å². The lowest BCUT2D eigenvalue weighted by Crippen LogP contribution is -2.23. The van der Waals surface area contributed by atoms with Crippen molar-refractivity contribution in [3.8, 4) is 0 Å². The van der Waals surface area contributed by atoms with Gasteiger partial charge in [-0.25, -0.2) is 9.97 Å². The number of esters is 1. The summed E-state index contributed by atoms with van der Waals surface area (Å²) in [5.41, 5.74) is 0.128. The third-order valence-electron chi connectivity index (χ3n) is 2.03. The molecule has 94 valence electrons. The van der Waals surface area contributed by atoms with Crippen LogP contribution in [0.2, 0.25) is 0 Å². The number of carbonyl (C=O) groups excluding carboxylic acids is 1. The van der Waals surface area contributed by atoms with E-state index < -0.39 is 24.3 Å². The number of rotatable bonds is 5. The van der Waals surface area contributed by atoms with E-state index in [9.17, 15) is 19.4 Å². The maximum absolute atomic E-state index is 12.4. The Kier molecular flexibility index (Phi) is 4.92. The predicted octanol–water partition coefficient (Wildman–Crippen LogP) is -0.0368. The highest BCUT2D eigenvalue weighted by atomic mass is 19.1. The summed E-state index contributed by atoms with van der Waals surface area (Å²) in [5, 5.41) is 19.2. The molecule has 1 rings (SSSR count). The molecule has 0 aliphatic carbocycles. The van der Waals surface area contributed by atoms with Gasteiger partial charge in [0.1, 0.15) is 6.10 Å². The van der Waals surface area contributed by atoms with Crippen LogP contribution in [-0.4, -0.2) is 38.9 Å². The lowest BCUT2D eigenvalue weighted by molar-refractivity contribution is -0.147. The minimum absolute atomic E-state index is 0.128. The van der Waals surface area contributed by atoms with E-state index in [2.05, 4.69) is 14.7 Å². The molecule has 0 amide bonds. The van der Waals surface area contributed by atoms with Crippen molar-refractivity contribution in [1.82, 2.24) is 9.97 Å². The molecule has 1 aromatic heterocycles. The van der Waals surface area contributed by atoms with Crippen molar-refractivity contribution in [2.24, 2.45) is 0 Å². The molecule has 0 aromatic carbocycles. The highest BCUT2D eigenvalue weighted by molar-refractivity contribution is 5.70. The van der Waals surface area contributed by atoms with Crippen molar-refractivity contribution in [2.75, 3.05) is 6.61 Å². The van der Waals surface area contributed by atoms with Crippen LogP contribution >= 0.6 is 0 Å². The quantitative estimate of drug-likeness (QED) is 0.558. The second-order valence-corrected chi connectivity index (χ2v) is 3.31. The molecule has 0 aliphatic rings. The Hall–Kier alpha value is -1.60. The minimum Gasteiger partial charge on any atom is -0.466 e. The molecule has 0 saturated heterocycles. The Morgan fingerprint density at radius 3 is 2.59 bits per heavy atom. The van der Waals surface area contributed by atoms with Gasteiger partial charge in [0.25, 0.3) is 0 Å². The Balaban J connectivity index is 2.60. The molecule has 7 heteroatoms. The van der Waals surface area contributed by atoms with Gasteiger partial charge in [0.05, 0.1) is 19.1 Å². The summed E-state index contributed by atoms with van der Waals surface area (Å²) in [6.45, 7) is 1.83. The van der Waals surface area contributed by atoms with Gasteiger partial charge >= 0.3 is 12.0 Å². The number of halogens is 1. The normalized spacial score (nSPS) is 14.1. The molecule has 6 nitrogen and oxygen atoms in total.